The van der Waals surface area contributed by atoms with Crippen LogP contribution in [-0.4, -0.2) is 34.8 Å². The smallest absolute Gasteiger partial charge is 0.376 e. The lowest BCUT2D eigenvalue weighted by Gasteiger charge is -2.16. The average Bonchev–Trinajstić information content (AvgIpc) is 1.86. The number of aliphatic hydroxyl groups excluding tert-OH is 1. The zero-order chi connectivity index (χ0) is 8.36. The molecule has 4 nitrogen and oxygen atoms in total. The minimum absolute atomic E-state index is 1.06. The van der Waals surface area contributed by atoms with Crippen LogP contribution in [0.2, 0.25) is 0 Å². The number of hydrogen-bond donors (Lipinski definition) is 3. The molecule has 0 unspecified atom stereocenters. The summed E-state index contributed by atoms with van der Waals surface area (Å²) in [6, 6.07) is -2.04. The number of carboxylic acids is 1. The second kappa shape index (κ2) is 2.89. The highest BCUT2D eigenvalue weighted by Crippen LogP contribution is 2.16. The molecule has 4 N–H and O–H groups in total. The van der Waals surface area contributed by atoms with Crippen LogP contribution in [-0.2, 0) is 4.79 Å². The third-order valence-electron chi connectivity index (χ3n) is 0.948. The molecule has 10 heavy (non-hydrogen) atoms. The van der Waals surface area contributed by atoms with Gasteiger partial charge in [0.25, 0.3) is 0 Å². The predicted octanol–water partition coefficient (Wildman–Crippen LogP) is -0.974. The molecule has 0 saturated heterocycles. The molecule has 0 amide bonds. The van der Waals surface area contributed by atoms with Crippen molar-refractivity contribution >= 4 is 5.97 Å². The zero-order valence-electron chi connectivity index (χ0n) is 4.92. The van der Waals surface area contributed by atoms with Crippen LogP contribution < -0.4 is 5.73 Å². The fraction of sp³-hybridized carbons (Fsp3) is 0.750. The molecule has 0 saturated carbocycles. The maximum atomic E-state index is 12.1. The molecule has 0 aromatic heterocycles. The van der Waals surface area contributed by atoms with E-state index >= 15 is 0 Å². The van der Waals surface area contributed by atoms with E-state index in [9.17, 15) is 13.6 Å². The van der Waals surface area contributed by atoms with Gasteiger partial charge in [0.15, 0.2) is 0 Å². The average molecular weight is 155 g/mol. The summed E-state index contributed by atoms with van der Waals surface area (Å²) in [7, 11) is 0. The molecule has 0 aromatic rings. The molecular formula is C4H7F2NO3. The molecule has 0 heterocycles. The minimum atomic E-state index is -4.05. The van der Waals surface area contributed by atoms with Crippen molar-refractivity contribution in [2.75, 3.05) is 6.61 Å². The van der Waals surface area contributed by atoms with Crippen molar-refractivity contribution in [1.29, 1.82) is 0 Å². The number of nitrogens with two attached hydrogens (primary N) is 1. The number of aliphatic hydroxyl groups is 1. The molecule has 0 aliphatic heterocycles. The van der Waals surface area contributed by atoms with Crippen molar-refractivity contribution in [2.24, 2.45) is 5.73 Å². The normalized spacial score (nSPS) is 14.8. The lowest BCUT2D eigenvalue weighted by atomic mass is 10.2. The van der Waals surface area contributed by atoms with Crippen LogP contribution in [0.3, 0.4) is 0 Å². The van der Waals surface area contributed by atoms with Crippen LogP contribution in [0.25, 0.3) is 0 Å². The Morgan fingerprint density at radius 1 is 1.70 bits per heavy atom. The summed E-state index contributed by atoms with van der Waals surface area (Å²) in [5.41, 5.74) is 4.57. The van der Waals surface area contributed by atoms with E-state index in [2.05, 4.69) is 5.73 Å². The monoisotopic (exact) mass is 155 g/mol. The largest absolute Gasteiger partial charge is 0.477 e. The van der Waals surface area contributed by atoms with Crippen LogP contribution in [0.5, 0.6) is 0 Å². The van der Waals surface area contributed by atoms with Crippen LogP contribution >= 0.6 is 0 Å². The Morgan fingerprint density at radius 3 is 2.20 bits per heavy atom. The SMILES string of the molecule is N[C@@H](CO)C(F)(F)C(=O)O. The van der Waals surface area contributed by atoms with Gasteiger partial charge in [0, 0.05) is 0 Å². The van der Waals surface area contributed by atoms with Gasteiger partial charge >= 0.3 is 11.9 Å². The maximum Gasteiger partial charge on any atom is 0.376 e. The first-order valence-electron chi connectivity index (χ1n) is 2.40. The fourth-order valence-electron chi connectivity index (χ4n) is 0.273. The van der Waals surface area contributed by atoms with Gasteiger partial charge < -0.3 is 15.9 Å². The van der Waals surface area contributed by atoms with Crippen LogP contribution in [0.15, 0.2) is 0 Å². The number of carbonyl (C=O) groups is 1. The summed E-state index contributed by atoms with van der Waals surface area (Å²) >= 11 is 0. The van der Waals surface area contributed by atoms with E-state index < -0.39 is 24.5 Å². The first kappa shape index (κ1) is 9.25. The fourth-order valence-corrected chi connectivity index (χ4v) is 0.273. The number of halogens is 2. The summed E-state index contributed by atoms with van der Waals surface area (Å²) in [6.45, 7) is -1.06. The third kappa shape index (κ3) is 1.61. The number of rotatable bonds is 3. The summed E-state index contributed by atoms with van der Waals surface area (Å²) in [4.78, 5) is 9.68. The van der Waals surface area contributed by atoms with Crippen LogP contribution in [0, 0.1) is 0 Å². The standard InChI is InChI=1S/C4H7F2NO3/c5-4(6,3(9)10)2(7)1-8/h2,8H,1,7H2,(H,9,10)/t2-/m0/s1. The van der Waals surface area contributed by atoms with Crippen molar-refractivity contribution in [2.45, 2.75) is 12.0 Å². The molecule has 1 atom stereocenters. The van der Waals surface area contributed by atoms with Crippen molar-refractivity contribution in [3.8, 4) is 0 Å². The van der Waals surface area contributed by atoms with Gasteiger partial charge in [-0.2, -0.15) is 8.78 Å². The van der Waals surface area contributed by atoms with E-state index in [1.165, 1.54) is 0 Å². The summed E-state index contributed by atoms with van der Waals surface area (Å²) in [5.74, 6) is -6.37. The van der Waals surface area contributed by atoms with E-state index in [0.29, 0.717) is 0 Å². The summed E-state index contributed by atoms with van der Waals surface area (Å²) in [5, 5.41) is 15.9. The molecule has 0 aromatic carbocycles. The Balaban J connectivity index is 4.23. The van der Waals surface area contributed by atoms with Gasteiger partial charge in [-0.25, -0.2) is 4.79 Å². The highest BCUT2D eigenvalue weighted by atomic mass is 19.3. The summed E-state index contributed by atoms with van der Waals surface area (Å²) in [6.07, 6.45) is 0. The van der Waals surface area contributed by atoms with Crippen LogP contribution in [0.1, 0.15) is 0 Å². The molecular weight excluding hydrogens is 148 g/mol. The quantitative estimate of drug-likeness (QED) is 0.489. The Labute approximate surface area is 55.3 Å². The van der Waals surface area contributed by atoms with E-state index in [-0.39, 0.29) is 0 Å². The molecule has 0 rings (SSSR count). The molecule has 6 heteroatoms. The van der Waals surface area contributed by atoms with Crippen molar-refractivity contribution < 1.29 is 23.8 Å². The predicted molar refractivity (Wildman–Crippen MR) is 27.6 cm³/mol. The van der Waals surface area contributed by atoms with Gasteiger partial charge in [-0.15, -0.1) is 0 Å². The minimum Gasteiger partial charge on any atom is -0.477 e. The highest BCUT2D eigenvalue weighted by Gasteiger charge is 2.45. The Kier molecular flexibility index (Phi) is 2.67. The Hall–Kier alpha value is -0.750. The van der Waals surface area contributed by atoms with Gasteiger partial charge in [-0.3, -0.25) is 0 Å². The van der Waals surface area contributed by atoms with Crippen molar-refractivity contribution in [1.82, 2.24) is 0 Å². The third-order valence-corrected chi connectivity index (χ3v) is 0.948. The lowest BCUT2D eigenvalue weighted by Crippen LogP contribution is -2.49. The molecule has 0 aliphatic rings. The number of hydrogen-bond acceptors (Lipinski definition) is 3. The maximum absolute atomic E-state index is 12.1. The lowest BCUT2D eigenvalue weighted by molar-refractivity contribution is -0.169. The van der Waals surface area contributed by atoms with Gasteiger partial charge in [-0.1, -0.05) is 0 Å². The molecule has 0 bridgehead atoms. The van der Waals surface area contributed by atoms with Gasteiger partial charge in [-0.05, 0) is 0 Å². The number of aliphatic carboxylic acids is 1. The van der Waals surface area contributed by atoms with Crippen molar-refractivity contribution in [3.05, 3.63) is 0 Å². The first-order valence-corrected chi connectivity index (χ1v) is 2.40. The second-order valence-electron chi connectivity index (χ2n) is 1.72. The highest BCUT2D eigenvalue weighted by molar-refractivity contribution is 5.76. The summed E-state index contributed by atoms with van der Waals surface area (Å²) < 4.78 is 24.1. The molecule has 0 spiro atoms. The number of alkyl halides is 2. The van der Waals surface area contributed by atoms with Crippen LogP contribution in [0.4, 0.5) is 8.78 Å². The molecule has 0 radical (unpaired) electrons. The van der Waals surface area contributed by atoms with Gasteiger partial charge in [0.2, 0.25) is 0 Å². The van der Waals surface area contributed by atoms with E-state index in [1.54, 1.807) is 0 Å². The van der Waals surface area contributed by atoms with Gasteiger partial charge in [0.1, 0.15) is 6.04 Å². The Morgan fingerprint density at radius 2 is 2.10 bits per heavy atom. The molecule has 0 fully saturated rings. The van der Waals surface area contributed by atoms with Gasteiger partial charge in [0.05, 0.1) is 6.61 Å². The Bertz CT molecular complexity index is 138. The number of carboxylic acid groups (broad SMARTS) is 1. The van der Waals surface area contributed by atoms with E-state index in [4.69, 9.17) is 10.2 Å². The van der Waals surface area contributed by atoms with E-state index in [1.807, 2.05) is 0 Å². The molecule has 0 aliphatic carbocycles. The van der Waals surface area contributed by atoms with Crippen molar-refractivity contribution in [3.63, 3.8) is 0 Å². The zero-order valence-corrected chi connectivity index (χ0v) is 4.92. The van der Waals surface area contributed by atoms with E-state index in [0.717, 1.165) is 0 Å². The second-order valence-corrected chi connectivity index (χ2v) is 1.72. The first-order chi connectivity index (χ1) is 4.42. The topological polar surface area (TPSA) is 83.5 Å². The molecule has 60 valence electrons.